The quantitative estimate of drug-likeness (QED) is 0.418. The molecule has 46 heavy (non-hydrogen) atoms. The number of fused-ring (bicyclic) bond motifs is 2. The monoisotopic (exact) mass is 626 g/mol. The number of amides is 1. The Balaban J connectivity index is 1.10. The highest BCUT2D eigenvalue weighted by Gasteiger charge is 2.42. The zero-order valence-electron chi connectivity index (χ0n) is 26.5. The van der Waals surface area contributed by atoms with Gasteiger partial charge in [0, 0.05) is 55.6 Å². The van der Waals surface area contributed by atoms with E-state index in [1.165, 1.54) is 33.4 Å². The number of allylic oxidation sites excluding steroid dienone is 2. The molecule has 5 aliphatic rings. The van der Waals surface area contributed by atoms with E-state index in [0.29, 0.717) is 53.6 Å². The van der Waals surface area contributed by atoms with Gasteiger partial charge in [0.25, 0.3) is 11.5 Å². The van der Waals surface area contributed by atoms with Crippen LogP contribution in [0.1, 0.15) is 50.8 Å². The van der Waals surface area contributed by atoms with Gasteiger partial charge >= 0.3 is 0 Å². The first-order valence-electron chi connectivity index (χ1n) is 16.1. The van der Waals surface area contributed by atoms with Crippen molar-refractivity contribution in [2.75, 3.05) is 36.5 Å². The van der Waals surface area contributed by atoms with E-state index >= 15 is 4.39 Å². The van der Waals surface area contributed by atoms with Crippen molar-refractivity contribution in [3.8, 4) is 11.1 Å². The molecule has 0 bridgehead atoms. The minimum Gasteiger partial charge on any atom is -0.392 e. The van der Waals surface area contributed by atoms with Gasteiger partial charge in [-0.05, 0) is 66.0 Å². The third kappa shape index (κ3) is 4.83. The van der Waals surface area contributed by atoms with E-state index in [4.69, 9.17) is 9.84 Å². The third-order valence-electron chi connectivity index (χ3n) is 10.3. The standard InChI is InChI=1S/C35H39FN6O4/c1-35(2)13-20-8-27-25(28(20)14-35)4-5-41(33(27)44)31-11-22(36)10-26(29(31)17-43)21-9-30(34(45)39(3)15-21)37-32-12-23-16-40(24-18-46-19-24)6-7-42(23)38-32/h9-12,15,24,43H,4-8,13-14,16-19H2,1-3H3,(H,37,38). The van der Waals surface area contributed by atoms with E-state index in [1.54, 1.807) is 24.2 Å². The van der Waals surface area contributed by atoms with Crippen molar-refractivity contribution in [2.24, 2.45) is 12.5 Å². The molecule has 0 unspecified atom stereocenters. The van der Waals surface area contributed by atoms with Gasteiger partial charge in [-0.25, -0.2) is 4.39 Å². The molecule has 240 valence electrons. The predicted octanol–water partition coefficient (Wildman–Crippen LogP) is 4.39. The minimum absolute atomic E-state index is 0.116. The van der Waals surface area contributed by atoms with E-state index < -0.39 is 12.4 Å². The first-order chi connectivity index (χ1) is 22.1. The van der Waals surface area contributed by atoms with Gasteiger partial charge < -0.3 is 24.6 Å². The molecule has 3 aliphatic heterocycles. The molecular weight excluding hydrogens is 587 g/mol. The molecule has 10 nitrogen and oxygen atoms in total. The number of ether oxygens (including phenoxy) is 1. The summed E-state index contributed by atoms with van der Waals surface area (Å²) in [7, 11) is 1.64. The highest BCUT2D eigenvalue weighted by molar-refractivity contribution is 6.09. The minimum atomic E-state index is -0.518. The number of aromatic nitrogens is 3. The summed E-state index contributed by atoms with van der Waals surface area (Å²) in [5, 5.41) is 18.6. The van der Waals surface area contributed by atoms with Crippen molar-refractivity contribution < 1.29 is 19.0 Å². The number of carbonyl (C=O) groups is 1. The molecule has 0 atom stereocenters. The zero-order valence-corrected chi connectivity index (χ0v) is 26.5. The Morgan fingerprint density at radius 1 is 1.07 bits per heavy atom. The fourth-order valence-corrected chi connectivity index (χ4v) is 8.03. The fraction of sp³-hybridized carbons (Fsp3) is 0.457. The predicted molar refractivity (Wildman–Crippen MR) is 172 cm³/mol. The van der Waals surface area contributed by atoms with Gasteiger partial charge in [0.05, 0.1) is 43.8 Å². The Morgan fingerprint density at radius 2 is 1.89 bits per heavy atom. The SMILES string of the molecule is Cn1cc(-c2cc(F)cc(N3CCC4=C(CC5=C4CC(C)(C)C5)C3=O)c2CO)cc(Nc2cc3n(n2)CCN(C2COC2)C3)c1=O. The number of aryl methyl sites for hydroxylation is 1. The highest BCUT2D eigenvalue weighted by atomic mass is 19.1. The summed E-state index contributed by atoms with van der Waals surface area (Å²) in [6.07, 6.45) is 4.97. The number of hydrogen-bond acceptors (Lipinski definition) is 7. The summed E-state index contributed by atoms with van der Waals surface area (Å²) in [6.45, 7) is 8.47. The van der Waals surface area contributed by atoms with Crippen molar-refractivity contribution in [3.63, 3.8) is 0 Å². The Kier molecular flexibility index (Phi) is 6.86. The Morgan fingerprint density at radius 3 is 2.65 bits per heavy atom. The molecule has 0 spiro atoms. The van der Waals surface area contributed by atoms with Gasteiger partial charge in [0.2, 0.25) is 0 Å². The van der Waals surface area contributed by atoms with Crippen LogP contribution in [0.3, 0.4) is 0 Å². The van der Waals surface area contributed by atoms with Crippen molar-refractivity contribution in [1.29, 1.82) is 0 Å². The molecule has 2 aromatic heterocycles. The van der Waals surface area contributed by atoms with Gasteiger partial charge in [0.15, 0.2) is 5.82 Å². The first kappa shape index (κ1) is 29.3. The van der Waals surface area contributed by atoms with Crippen molar-refractivity contribution >= 4 is 23.1 Å². The number of hydrogen-bond donors (Lipinski definition) is 2. The molecule has 11 heteroatoms. The molecule has 1 aromatic carbocycles. The number of pyridine rings is 1. The number of nitrogens with one attached hydrogen (secondary N) is 1. The summed E-state index contributed by atoms with van der Waals surface area (Å²) >= 11 is 0. The van der Waals surface area contributed by atoms with Gasteiger partial charge in [-0.2, -0.15) is 5.10 Å². The molecule has 8 rings (SSSR count). The van der Waals surface area contributed by atoms with Crippen LogP contribution < -0.4 is 15.8 Å². The fourth-order valence-electron chi connectivity index (χ4n) is 8.03. The van der Waals surface area contributed by atoms with Crippen LogP contribution in [0.15, 0.2) is 57.5 Å². The van der Waals surface area contributed by atoms with Crippen LogP contribution in [0.5, 0.6) is 0 Å². The number of aliphatic hydroxyl groups is 1. The molecule has 0 saturated carbocycles. The molecule has 1 fully saturated rings. The maximum Gasteiger partial charge on any atom is 0.274 e. The zero-order chi connectivity index (χ0) is 31.9. The molecule has 2 aliphatic carbocycles. The summed E-state index contributed by atoms with van der Waals surface area (Å²) in [5.74, 6) is -0.0773. The first-order valence-corrected chi connectivity index (χ1v) is 16.1. The molecule has 5 heterocycles. The van der Waals surface area contributed by atoms with E-state index in [-0.39, 0.29) is 22.6 Å². The lowest BCUT2D eigenvalue weighted by atomic mass is 9.84. The lowest BCUT2D eigenvalue weighted by Gasteiger charge is -2.39. The average molecular weight is 627 g/mol. The molecule has 2 N–H and O–H groups in total. The van der Waals surface area contributed by atoms with Crippen molar-refractivity contribution in [1.82, 2.24) is 19.2 Å². The number of halogens is 1. The Bertz CT molecular complexity index is 1920. The molecule has 1 saturated heterocycles. The number of carbonyl (C=O) groups excluding carboxylic acids is 1. The van der Waals surface area contributed by atoms with Crippen LogP contribution >= 0.6 is 0 Å². The Labute approximate surface area is 266 Å². The number of aliphatic hydroxyl groups excluding tert-OH is 1. The van der Waals surface area contributed by atoms with E-state index in [2.05, 4.69) is 24.1 Å². The maximum atomic E-state index is 15.4. The second-order valence-electron chi connectivity index (χ2n) is 14.1. The summed E-state index contributed by atoms with van der Waals surface area (Å²) < 4.78 is 24.1. The Hall–Kier alpha value is -4.06. The molecule has 3 aromatic rings. The largest absolute Gasteiger partial charge is 0.392 e. The lowest BCUT2D eigenvalue weighted by Crippen LogP contribution is -2.51. The van der Waals surface area contributed by atoms with Gasteiger partial charge in [-0.15, -0.1) is 0 Å². The maximum absolute atomic E-state index is 15.4. The lowest BCUT2D eigenvalue weighted by molar-refractivity contribution is -0.115. The van der Waals surface area contributed by atoms with Crippen LogP contribution in [0, 0.1) is 11.2 Å². The number of anilines is 3. The van der Waals surface area contributed by atoms with Crippen molar-refractivity contribution in [3.05, 3.63) is 80.2 Å². The van der Waals surface area contributed by atoms with Crippen LogP contribution in [0.2, 0.25) is 0 Å². The van der Waals surface area contributed by atoms with Gasteiger partial charge in [-0.3, -0.25) is 19.2 Å². The number of nitrogens with zero attached hydrogens (tertiary/aromatic N) is 5. The van der Waals surface area contributed by atoms with Crippen LogP contribution in [-0.4, -0.2) is 62.6 Å². The summed E-state index contributed by atoms with van der Waals surface area (Å²) in [5.41, 5.74) is 7.78. The summed E-state index contributed by atoms with van der Waals surface area (Å²) in [4.78, 5) is 31.2. The molecule has 1 amide bonds. The van der Waals surface area contributed by atoms with Crippen LogP contribution in [0.4, 0.5) is 21.6 Å². The second kappa shape index (κ2) is 10.8. The van der Waals surface area contributed by atoms with Crippen LogP contribution in [0.25, 0.3) is 11.1 Å². The molecule has 0 radical (unpaired) electrons. The van der Waals surface area contributed by atoms with E-state index in [1.807, 2.05) is 10.7 Å². The topological polar surface area (TPSA) is 105 Å². The normalized spacial score (nSPS) is 21.1. The average Bonchev–Trinajstić information content (AvgIpc) is 3.63. The van der Waals surface area contributed by atoms with E-state index in [9.17, 15) is 14.7 Å². The number of rotatable bonds is 6. The van der Waals surface area contributed by atoms with E-state index in [0.717, 1.165) is 57.0 Å². The summed E-state index contributed by atoms with van der Waals surface area (Å²) in [6, 6.07) is 6.76. The molecular formula is C35H39FN6O4. The van der Waals surface area contributed by atoms with Crippen LogP contribution in [-0.2, 0) is 36.3 Å². The highest BCUT2D eigenvalue weighted by Crippen LogP contribution is 2.53. The third-order valence-corrected chi connectivity index (χ3v) is 10.3. The second-order valence-corrected chi connectivity index (χ2v) is 14.1. The number of benzene rings is 1. The van der Waals surface area contributed by atoms with Gasteiger partial charge in [-0.1, -0.05) is 19.4 Å². The smallest absolute Gasteiger partial charge is 0.274 e. The van der Waals surface area contributed by atoms with Crippen molar-refractivity contribution in [2.45, 2.75) is 65.3 Å². The van der Waals surface area contributed by atoms with Gasteiger partial charge in [0.1, 0.15) is 11.5 Å².